The molecular formula is C13H10F6N2. The van der Waals surface area contributed by atoms with E-state index >= 15 is 0 Å². The number of halogens is 6. The minimum atomic E-state index is -5.07. The highest BCUT2D eigenvalue weighted by Gasteiger charge is 2.41. The maximum atomic E-state index is 12.7. The number of nitrogens with zero attached hydrogens (tertiary/aromatic N) is 2. The van der Waals surface area contributed by atoms with Gasteiger partial charge in [0.25, 0.3) is 0 Å². The molecule has 21 heavy (non-hydrogen) atoms. The first-order valence-corrected chi connectivity index (χ1v) is 5.69. The molecule has 0 unspecified atom stereocenters. The second kappa shape index (κ2) is 6.98. The fraction of sp³-hybridized carbons (Fsp3) is 0.385. The van der Waals surface area contributed by atoms with Crippen LogP contribution in [0.25, 0.3) is 0 Å². The van der Waals surface area contributed by atoms with Crippen molar-refractivity contribution in [3.8, 4) is 12.1 Å². The molecule has 0 aromatic heterocycles. The van der Waals surface area contributed by atoms with Crippen LogP contribution in [0.4, 0.5) is 26.3 Å². The summed E-state index contributed by atoms with van der Waals surface area (Å²) in [6, 6.07) is 3.12. The van der Waals surface area contributed by atoms with E-state index in [1.165, 1.54) is 12.1 Å². The Balaban J connectivity index is 0.00000191. The van der Waals surface area contributed by atoms with Crippen LogP contribution >= 0.6 is 0 Å². The van der Waals surface area contributed by atoms with Crippen LogP contribution in [0.15, 0.2) is 12.1 Å². The standard InChI is InChI=1S/C11H4F6N2.C2H6/c12-10(13,14)8-3-6(5-19)4-9(11(15,16)17)7(8)1-2-18;1-2/h3-4H,1H2;1-2H3. The smallest absolute Gasteiger partial charge is 0.198 e. The quantitative estimate of drug-likeness (QED) is 0.707. The highest BCUT2D eigenvalue weighted by Crippen LogP contribution is 2.40. The zero-order chi connectivity index (χ0) is 16.8. The Labute approximate surface area is 117 Å². The molecule has 2 nitrogen and oxygen atoms in total. The molecule has 0 saturated carbocycles. The summed E-state index contributed by atoms with van der Waals surface area (Å²) in [5.41, 5.74) is -5.15. The van der Waals surface area contributed by atoms with Gasteiger partial charge in [-0.2, -0.15) is 36.9 Å². The van der Waals surface area contributed by atoms with E-state index in [1.54, 1.807) is 0 Å². The van der Waals surface area contributed by atoms with Gasteiger partial charge in [0.1, 0.15) is 0 Å². The average molecular weight is 308 g/mol. The third kappa shape index (κ3) is 4.67. The van der Waals surface area contributed by atoms with E-state index in [0.717, 1.165) is 0 Å². The largest absolute Gasteiger partial charge is 0.416 e. The van der Waals surface area contributed by atoms with E-state index in [-0.39, 0.29) is 0 Å². The molecule has 114 valence electrons. The van der Waals surface area contributed by atoms with Crippen LogP contribution in [0.5, 0.6) is 0 Å². The van der Waals surface area contributed by atoms with Crippen LogP contribution in [0.3, 0.4) is 0 Å². The third-order valence-electron chi connectivity index (χ3n) is 2.25. The summed E-state index contributed by atoms with van der Waals surface area (Å²) in [6.45, 7) is 4.00. The summed E-state index contributed by atoms with van der Waals surface area (Å²) in [4.78, 5) is 0. The number of hydrogen-bond donors (Lipinski definition) is 0. The Morgan fingerprint density at radius 1 is 0.905 bits per heavy atom. The molecule has 0 aliphatic rings. The summed E-state index contributed by atoms with van der Waals surface area (Å²) in [6.07, 6.45) is -11.2. The molecule has 0 radical (unpaired) electrons. The van der Waals surface area contributed by atoms with Gasteiger partial charge >= 0.3 is 12.4 Å². The van der Waals surface area contributed by atoms with Crippen molar-refractivity contribution in [2.45, 2.75) is 32.6 Å². The van der Waals surface area contributed by atoms with E-state index in [0.29, 0.717) is 12.1 Å². The van der Waals surface area contributed by atoms with Crippen molar-refractivity contribution in [1.29, 1.82) is 10.5 Å². The molecule has 8 heteroatoms. The lowest BCUT2D eigenvalue weighted by Crippen LogP contribution is -2.17. The number of nitriles is 2. The monoisotopic (exact) mass is 308 g/mol. The minimum absolute atomic E-state index is 0.307. The normalized spacial score (nSPS) is 11.0. The van der Waals surface area contributed by atoms with Crippen LogP contribution in [0.2, 0.25) is 0 Å². The van der Waals surface area contributed by atoms with Crippen molar-refractivity contribution in [1.82, 2.24) is 0 Å². The minimum Gasteiger partial charge on any atom is -0.198 e. The van der Waals surface area contributed by atoms with Crippen LogP contribution in [0.1, 0.15) is 36.1 Å². The average Bonchev–Trinajstić information content (AvgIpc) is 2.39. The predicted molar refractivity (Wildman–Crippen MR) is 61.8 cm³/mol. The molecule has 1 aromatic rings. The first-order valence-electron chi connectivity index (χ1n) is 5.69. The summed E-state index contributed by atoms with van der Waals surface area (Å²) in [7, 11) is 0. The maximum absolute atomic E-state index is 12.7. The topological polar surface area (TPSA) is 47.6 Å². The van der Waals surface area contributed by atoms with Crippen LogP contribution in [0, 0.1) is 22.7 Å². The Hall–Kier alpha value is -2.22. The van der Waals surface area contributed by atoms with Gasteiger partial charge < -0.3 is 0 Å². The van der Waals surface area contributed by atoms with E-state index < -0.39 is 41.0 Å². The van der Waals surface area contributed by atoms with Gasteiger partial charge in [-0.25, -0.2) is 0 Å². The number of rotatable bonds is 1. The van der Waals surface area contributed by atoms with Gasteiger partial charge in [-0.15, -0.1) is 0 Å². The Bertz CT molecular complexity index is 537. The van der Waals surface area contributed by atoms with E-state index in [4.69, 9.17) is 10.5 Å². The maximum Gasteiger partial charge on any atom is 0.416 e. The second-order valence-electron chi connectivity index (χ2n) is 3.49. The lowest BCUT2D eigenvalue weighted by molar-refractivity contribution is -0.144. The van der Waals surface area contributed by atoms with Gasteiger partial charge in [0.05, 0.1) is 35.2 Å². The molecule has 0 fully saturated rings. The SMILES string of the molecule is CC.N#CCc1c(C(F)(F)F)cc(C#N)cc1C(F)(F)F. The molecule has 0 saturated heterocycles. The first kappa shape index (κ1) is 18.8. The number of hydrogen-bond acceptors (Lipinski definition) is 2. The van der Waals surface area contributed by atoms with Crippen LogP contribution < -0.4 is 0 Å². The van der Waals surface area contributed by atoms with Gasteiger partial charge in [-0.3, -0.25) is 0 Å². The fourth-order valence-electron chi connectivity index (χ4n) is 1.51. The molecule has 0 heterocycles. The van der Waals surface area contributed by atoms with Crippen LogP contribution in [-0.2, 0) is 18.8 Å². The Morgan fingerprint density at radius 2 is 1.29 bits per heavy atom. The van der Waals surface area contributed by atoms with Crippen molar-refractivity contribution >= 4 is 0 Å². The van der Waals surface area contributed by atoms with Crippen molar-refractivity contribution in [3.63, 3.8) is 0 Å². The van der Waals surface area contributed by atoms with Gasteiger partial charge in [-0.05, 0) is 17.7 Å². The molecule has 0 spiro atoms. The van der Waals surface area contributed by atoms with Gasteiger partial charge in [0, 0.05) is 0 Å². The molecule has 0 aliphatic heterocycles. The molecule has 0 N–H and O–H groups in total. The van der Waals surface area contributed by atoms with Crippen molar-refractivity contribution < 1.29 is 26.3 Å². The first-order chi connectivity index (χ1) is 9.61. The van der Waals surface area contributed by atoms with Crippen molar-refractivity contribution in [2.75, 3.05) is 0 Å². The van der Waals surface area contributed by atoms with Gasteiger partial charge in [-0.1, -0.05) is 13.8 Å². The fourth-order valence-corrected chi connectivity index (χ4v) is 1.51. The lowest BCUT2D eigenvalue weighted by Gasteiger charge is -2.17. The zero-order valence-corrected chi connectivity index (χ0v) is 11.0. The molecule has 1 aromatic carbocycles. The molecule has 0 aliphatic carbocycles. The van der Waals surface area contributed by atoms with Crippen LogP contribution in [-0.4, -0.2) is 0 Å². The van der Waals surface area contributed by atoms with E-state index in [2.05, 4.69) is 0 Å². The second-order valence-corrected chi connectivity index (χ2v) is 3.49. The zero-order valence-electron chi connectivity index (χ0n) is 11.0. The number of benzene rings is 1. The summed E-state index contributed by atoms with van der Waals surface area (Å²) in [5.74, 6) is 0. The predicted octanol–water partition coefficient (Wildman–Crippen LogP) is 4.69. The highest BCUT2D eigenvalue weighted by molar-refractivity contribution is 5.47. The Morgan fingerprint density at radius 3 is 1.52 bits per heavy atom. The molecular weight excluding hydrogens is 298 g/mol. The number of alkyl halides is 6. The molecule has 1 rings (SSSR count). The summed E-state index contributed by atoms with van der Waals surface area (Å²) < 4.78 is 76.0. The van der Waals surface area contributed by atoms with E-state index in [1.807, 2.05) is 13.8 Å². The van der Waals surface area contributed by atoms with Gasteiger partial charge in [0.2, 0.25) is 0 Å². The van der Waals surface area contributed by atoms with E-state index in [9.17, 15) is 26.3 Å². The van der Waals surface area contributed by atoms with Crippen molar-refractivity contribution in [2.24, 2.45) is 0 Å². The highest BCUT2D eigenvalue weighted by atomic mass is 19.4. The lowest BCUT2D eigenvalue weighted by atomic mass is 9.95. The summed E-state index contributed by atoms with van der Waals surface area (Å²) >= 11 is 0. The third-order valence-corrected chi connectivity index (χ3v) is 2.25. The molecule has 0 amide bonds. The molecule has 0 atom stereocenters. The molecule has 0 bridgehead atoms. The van der Waals surface area contributed by atoms with Gasteiger partial charge in [0.15, 0.2) is 0 Å². The Kier molecular flexibility index (Phi) is 6.24. The summed E-state index contributed by atoms with van der Waals surface area (Å²) in [5, 5.41) is 16.9. The van der Waals surface area contributed by atoms with Crippen molar-refractivity contribution in [3.05, 3.63) is 34.4 Å².